The summed E-state index contributed by atoms with van der Waals surface area (Å²) in [5.41, 5.74) is 6.49. The first-order chi connectivity index (χ1) is 11.4. The topological polar surface area (TPSA) is 0 Å². The first kappa shape index (κ1) is 14.5. The van der Waals surface area contributed by atoms with Crippen LogP contribution in [-0.4, -0.2) is 5.33 Å². The smallest absolute Gasteiger partial charge is 0.0644 e. The van der Waals surface area contributed by atoms with E-state index in [-0.39, 0.29) is 5.41 Å². The third-order valence-corrected chi connectivity index (χ3v) is 5.29. The molecule has 0 atom stereocenters. The minimum absolute atomic E-state index is 0.206. The quantitative estimate of drug-likeness (QED) is 0.516. The van der Waals surface area contributed by atoms with Crippen molar-refractivity contribution >= 4 is 21.5 Å². The molecule has 0 N–H and O–H groups in total. The molecule has 0 radical (unpaired) electrons. The third-order valence-electron chi connectivity index (χ3n) is 4.69. The van der Waals surface area contributed by atoms with Gasteiger partial charge in [0.15, 0.2) is 0 Å². The SMILES string of the molecule is BrCC1=CC(c2ccccc2)(c2ccccc2)c2ccccc21. The Morgan fingerprint density at radius 2 is 1.17 bits per heavy atom. The largest absolute Gasteiger partial charge is 0.0876 e. The maximum Gasteiger partial charge on any atom is 0.0644 e. The van der Waals surface area contributed by atoms with Crippen LogP contribution in [0.3, 0.4) is 0 Å². The van der Waals surface area contributed by atoms with E-state index in [4.69, 9.17) is 0 Å². The Bertz CT molecular complexity index is 808. The predicted molar refractivity (Wildman–Crippen MR) is 101 cm³/mol. The highest BCUT2D eigenvalue weighted by atomic mass is 79.9. The Morgan fingerprint density at radius 1 is 0.652 bits per heavy atom. The highest BCUT2D eigenvalue weighted by molar-refractivity contribution is 9.09. The van der Waals surface area contributed by atoms with Gasteiger partial charge < -0.3 is 0 Å². The zero-order chi connectivity index (χ0) is 15.7. The Labute approximate surface area is 145 Å². The minimum Gasteiger partial charge on any atom is -0.0876 e. The van der Waals surface area contributed by atoms with E-state index in [2.05, 4.69) is 107 Å². The molecule has 0 saturated carbocycles. The van der Waals surface area contributed by atoms with Crippen LogP contribution in [0.15, 0.2) is 91.0 Å². The van der Waals surface area contributed by atoms with E-state index < -0.39 is 0 Å². The number of fused-ring (bicyclic) bond motifs is 1. The number of hydrogen-bond acceptors (Lipinski definition) is 0. The fourth-order valence-electron chi connectivity index (χ4n) is 3.68. The first-order valence-electron chi connectivity index (χ1n) is 7.85. The van der Waals surface area contributed by atoms with Gasteiger partial charge in [-0.25, -0.2) is 0 Å². The maximum atomic E-state index is 3.67. The van der Waals surface area contributed by atoms with E-state index in [1.54, 1.807) is 0 Å². The molecule has 0 unspecified atom stereocenters. The van der Waals surface area contributed by atoms with Gasteiger partial charge in [-0.05, 0) is 27.8 Å². The number of rotatable bonds is 3. The van der Waals surface area contributed by atoms with Crippen molar-refractivity contribution in [3.8, 4) is 0 Å². The third kappa shape index (κ3) is 2.19. The lowest BCUT2D eigenvalue weighted by atomic mass is 9.71. The summed E-state index contributed by atoms with van der Waals surface area (Å²) in [7, 11) is 0. The normalized spacial score (nSPS) is 15.1. The van der Waals surface area contributed by atoms with Gasteiger partial charge in [0.2, 0.25) is 0 Å². The van der Waals surface area contributed by atoms with Gasteiger partial charge in [-0.15, -0.1) is 0 Å². The summed E-state index contributed by atoms with van der Waals surface area (Å²) in [6.07, 6.45) is 2.43. The van der Waals surface area contributed by atoms with Gasteiger partial charge in [-0.3, -0.25) is 0 Å². The van der Waals surface area contributed by atoms with E-state index in [9.17, 15) is 0 Å². The van der Waals surface area contributed by atoms with Crippen LogP contribution in [0.5, 0.6) is 0 Å². The lowest BCUT2D eigenvalue weighted by Crippen LogP contribution is -2.25. The summed E-state index contributed by atoms with van der Waals surface area (Å²) in [5.74, 6) is 0. The Morgan fingerprint density at radius 3 is 1.74 bits per heavy atom. The fraction of sp³-hybridized carbons (Fsp3) is 0.0909. The van der Waals surface area contributed by atoms with Gasteiger partial charge in [0.05, 0.1) is 5.41 Å². The molecular weight excluding hydrogens is 344 g/mol. The van der Waals surface area contributed by atoms with Crippen molar-refractivity contribution in [1.29, 1.82) is 0 Å². The van der Waals surface area contributed by atoms with Crippen molar-refractivity contribution in [2.75, 3.05) is 5.33 Å². The van der Waals surface area contributed by atoms with Gasteiger partial charge in [0, 0.05) is 5.33 Å². The van der Waals surface area contributed by atoms with Gasteiger partial charge >= 0.3 is 0 Å². The van der Waals surface area contributed by atoms with Crippen LogP contribution in [0, 0.1) is 0 Å². The Balaban J connectivity index is 2.08. The van der Waals surface area contributed by atoms with Crippen molar-refractivity contribution in [3.63, 3.8) is 0 Å². The molecule has 0 saturated heterocycles. The maximum absolute atomic E-state index is 3.67. The van der Waals surface area contributed by atoms with Crippen LogP contribution in [0.4, 0.5) is 0 Å². The second-order valence-electron chi connectivity index (χ2n) is 5.89. The molecule has 112 valence electrons. The van der Waals surface area contributed by atoms with Crippen LogP contribution in [-0.2, 0) is 5.41 Å². The molecular formula is C22H17Br. The zero-order valence-electron chi connectivity index (χ0n) is 12.7. The van der Waals surface area contributed by atoms with Crippen molar-refractivity contribution in [1.82, 2.24) is 0 Å². The Kier molecular flexibility index (Phi) is 3.66. The average molecular weight is 361 g/mol. The zero-order valence-corrected chi connectivity index (χ0v) is 14.3. The molecule has 1 heteroatoms. The minimum atomic E-state index is -0.206. The van der Waals surface area contributed by atoms with E-state index in [0.29, 0.717) is 0 Å². The molecule has 1 aliphatic rings. The van der Waals surface area contributed by atoms with E-state index >= 15 is 0 Å². The summed E-state index contributed by atoms with van der Waals surface area (Å²) in [6.45, 7) is 0. The standard InChI is InChI=1S/C22H17Br/c23-16-17-15-22(18-9-3-1-4-10-18,19-11-5-2-6-12-19)21-14-8-7-13-20(17)21/h1-15H,16H2. The Hall–Kier alpha value is -2.12. The van der Waals surface area contributed by atoms with Crippen molar-refractivity contribution < 1.29 is 0 Å². The molecule has 3 aromatic carbocycles. The molecule has 0 heterocycles. The lowest BCUT2D eigenvalue weighted by Gasteiger charge is -2.30. The molecule has 3 aromatic rings. The molecule has 0 nitrogen and oxygen atoms in total. The van der Waals surface area contributed by atoms with Crippen molar-refractivity contribution in [2.45, 2.75) is 5.41 Å². The molecule has 4 rings (SSSR count). The van der Waals surface area contributed by atoms with Crippen LogP contribution in [0.1, 0.15) is 22.3 Å². The summed E-state index contributed by atoms with van der Waals surface area (Å²) < 4.78 is 0. The number of benzene rings is 3. The summed E-state index contributed by atoms with van der Waals surface area (Å²) in [5, 5.41) is 0.866. The number of allylic oxidation sites excluding steroid dienone is 2. The highest BCUT2D eigenvalue weighted by Gasteiger charge is 2.40. The van der Waals surface area contributed by atoms with Gasteiger partial charge in [0.1, 0.15) is 0 Å². The van der Waals surface area contributed by atoms with E-state index in [1.165, 1.54) is 27.8 Å². The molecule has 1 aliphatic carbocycles. The van der Waals surface area contributed by atoms with Crippen LogP contribution < -0.4 is 0 Å². The second kappa shape index (κ2) is 5.82. The first-order valence-corrected chi connectivity index (χ1v) is 8.97. The molecule has 0 aliphatic heterocycles. The van der Waals surface area contributed by atoms with Gasteiger partial charge in [0.25, 0.3) is 0 Å². The summed E-state index contributed by atoms with van der Waals surface area (Å²) in [6, 6.07) is 30.4. The van der Waals surface area contributed by atoms with Crippen LogP contribution >= 0.6 is 15.9 Å². The number of alkyl halides is 1. The summed E-state index contributed by atoms with van der Waals surface area (Å²) in [4.78, 5) is 0. The van der Waals surface area contributed by atoms with Crippen molar-refractivity contribution in [2.24, 2.45) is 0 Å². The predicted octanol–water partition coefficient (Wildman–Crippen LogP) is 5.81. The lowest BCUT2D eigenvalue weighted by molar-refractivity contribution is 0.794. The molecule has 0 fully saturated rings. The number of hydrogen-bond donors (Lipinski definition) is 0. The average Bonchev–Trinajstić information content (AvgIpc) is 2.99. The van der Waals surface area contributed by atoms with Crippen LogP contribution in [0.25, 0.3) is 5.57 Å². The van der Waals surface area contributed by atoms with E-state index in [0.717, 1.165) is 5.33 Å². The fourth-order valence-corrected chi connectivity index (χ4v) is 4.14. The monoisotopic (exact) mass is 360 g/mol. The van der Waals surface area contributed by atoms with Gasteiger partial charge in [-0.2, -0.15) is 0 Å². The highest BCUT2D eigenvalue weighted by Crippen LogP contribution is 2.49. The molecule has 0 spiro atoms. The summed E-state index contributed by atoms with van der Waals surface area (Å²) >= 11 is 3.67. The van der Waals surface area contributed by atoms with Crippen LogP contribution in [0.2, 0.25) is 0 Å². The van der Waals surface area contributed by atoms with Crippen molar-refractivity contribution in [3.05, 3.63) is 113 Å². The molecule has 0 aromatic heterocycles. The van der Waals surface area contributed by atoms with E-state index in [1.807, 2.05) is 0 Å². The molecule has 0 bridgehead atoms. The second-order valence-corrected chi connectivity index (χ2v) is 6.45. The van der Waals surface area contributed by atoms with Gasteiger partial charge in [-0.1, -0.05) is 107 Å². The molecule has 0 amide bonds. The molecule has 23 heavy (non-hydrogen) atoms. The number of halogens is 1.